The molecule has 7 rings (SSSR count). The van der Waals surface area contributed by atoms with Crippen LogP contribution in [-0.2, 0) is 0 Å². The number of hydrogen-bond acceptors (Lipinski definition) is 3. The van der Waals surface area contributed by atoms with Crippen molar-refractivity contribution < 1.29 is 9.50 Å². The summed E-state index contributed by atoms with van der Waals surface area (Å²) in [5, 5.41) is 11.7. The van der Waals surface area contributed by atoms with Gasteiger partial charge in [-0.25, -0.2) is 4.39 Å². The van der Waals surface area contributed by atoms with Crippen LogP contribution in [0.5, 0.6) is 0 Å². The Morgan fingerprint density at radius 2 is 1.67 bits per heavy atom. The number of guanidine groups is 1. The number of anilines is 1. The van der Waals surface area contributed by atoms with E-state index in [1.807, 2.05) is 12.1 Å². The summed E-state index contributed by atoms with van der Waals surface area (Å²) in [6, 6.07) is 6.68. The van der Waals surface area contributed by atoms with Crippen molar-refractivity contribution in [1.82, 2.24) is 4.90 Å². The first-order chi connectivity index (χ1) is 14.1. The third kappa shape index (κ3) is 2.29. The van der Waals surface area contributed by atoms with Crippen molar-refractivity contribution in [2.75, 3.05) is 37.6 Å². The van der Waals surface area contributed by atoms with E-state index in [9.17, 15) is 9.50 Å². The Morgan fingerprint density at radius 3 is 2.40 bits per heavy atom. The zero-order chi connectivity index (χ0) is 19.5. The molecule has 1 aliphatic heterocycles. The zero-order valence-corrected chi connectivity index (χ0v) is 19.4. The van der Waals surface area contributed by atoms with E-state index in [4.69, 9.17) is 10.7 Å². The lowest BCUT2D eigenvalue weighted by molar-refractivity contribution is -0.123. The number of fused-ring (bicyclic) bond motifs is 2. The highest BCUT2D eigenvalue weighted by Gasteiger charge is 2.84. The van der Waals surface area contributed by atoms with Crippen molar-refractivity contribution >= 4 is 35.6 Å². The van der Waals surface area contributed by atoms with Gasteiger partial charge in [-0.2, -0.15) is 0 Å². The fourth-order valence-corrected chi connectivity index (χ4v) is 9.09. The highest BCUT2D eigenvalue weighted by molar-refractivity contribution is 14.0. The van der Waals surface area contributed by atoms with Gasteiger partial charge in [-0.3, -0.25) is 4.99 Å². The standard InChI is InChI=1S/C23H29FN4O.HI/c24-12-1-3-13(4-2-12)27-5-7-28(8-6-27)22(25)26-11-23(29)20-15-10-16-18-14(15)9-17(20)19(18)21(16)23;/h1-4,14-21,29H,5-11H2,(H2,25,26);1H. The van der Waals surface area contributed by atoms with Crippen LogP contribution in [0.1, 0.15) is 12.8 Å². The van der Waals surface area contributed by atoms with Crippen LogP contribution < -0.4 is 10.6 Å². The summed E-state index contributed by atoms with van der Waals surface area (Å²) in [6.45, 7) is 3.78. The molecule has 6 aliphatic rings. The molecule has 0 spiro atoms. The molecule has 5 nitrogen and oxygen atoms in total. The number of rotatable bonds is 3. The maximum Gasteiger partial charge on any atom is 0.191 e. The third-order valence-electron chi connectivity index (χ3n) is 9.81. The van der Waals surface area contributed by atoms with Crippen LogP contribution >= 0.6 is 24.0 Å². The molecule has 7 heteroatoms. The molecular weight excluding hydrogens is 494 g/mol. The van der Waals surface area contributed by atoms with Gasteiger partial charge in [0.2, 0.25) is 0 Å². The topological polar surface area (TPSA) is 65.1 Å². The molecule has 162 valence electrons. The number of aliphatic hydroxyl groups is 1. The van der Waals surface area contributed by atoms with Crippen LogP contribution in [-0.4, -0.2) is 54.3 Å². The van der Waals surface area contributed by atoms with Crippen molar-refractivity contribution in [2.45, 2.75) is 18.4 Å². The van der Waals surface area contributed by atoms with E-state index in [0.717, 1.165) is 67.4 Å². The predicted octanol–water partition coefficient (Wildman–Crippen LogP) is 2.39. The molecule has 5 saturated carbocycles. The predicted molar refractivity (Wildman–Crippen MR) is 124 cm³/mol. The van der Waals surface area contributed by atoms with Gasteiger partial charge < -0.3 is 20.6 Å². The Kier molecular flexibility index (Phi) is 4.22. The number of piperazine rings is 1. The molecule has 5 aliphatic carbocycles. The number of nitrogens with zero attached hydrogens (tertiary/aromatic N) is 3. The molecule has 0 aromatic heterocycles. The zero-order valence-electron chi connectivity index (χ0n) is 17.0. The molecule has 1 saturated heterocycles. The summed E-state index contributed by atoms with van der Waals surface area (Å²) >= 11 is 0. The molecular formula is C23H30FIN4O. The molecule has 30 heavy (non-hydrogen) atoms. The van der Waals surface area contributed by atoms with Gasteiger partial charge in [0.1, 0.15) is 5.82 Å². The van der Waals surface area contributed by atoms with E-state index in [1.54, 1.807) is 0 Å². The minimum Gasteiger partial charge on any atom is -0.387 e. The van der Waals surface area contributed by atoms with Gasteiger partial charge in [-0.1, -0.05) is 0 Å². The normalized spacial score (nSPS) is 47.1. The van der Waals surface area contributed by atoms with Gasteiger partial charge in [0, 0.05) is 31.9 Å². The van der Waals surface area contributed by atoms with Gasteiger partial charge in [-0.15, -0.1) is 24.0 Å². The van der Waals surface area contributed by atoms with Crippen molar-refractivity contribution in [3.63, 3.8) is 0 Å². The fourth-order valence-electron chi connectivity index (χ4n) is 9.09. The average Bonchev–Trinajstić information content (AvgIpc) is 3.26. The number of halogens is 2. The molecule has 1 heterocycles. The van der Waals surface area contributed by atoms with Gasteiger partial charge in [0.15, 0.2) is 5.96 Å². The quantitative estimate of drug-likeness (QED) is 0.362. The number of nitrogens with two attached hydrogens (primary N) is 1. The van der Waals surface area contributed by atoms with E-state index < -0.39 is 5.60 Å². The molecule has 6 fully saturated rings. The lowest BCUT2D eigenvalue weighted by Gasteiger charge is -2.51. The minimum absolute atomic E-state index is 0. The van der Waals surface area contributed by atoms with E-state index >= 15 is 0 Å². The average molecular weight is 524 g/mol. The molecule has 3 N–H and O–H groups in total. The Bertz CT molecular complexity index is 882. The lowest BCUT2D eigenvalue weighted by Crippen LogP contribution is -2.56. The fraction of sp³-hybridized carbons (Fsp3) is 0.696. The van der Waals surface area contributed by atoms with Crippen molar-refractivity contribution in [2.24, 2.45) is 58.1 Å². The number of benzene rings is 1. The lowest BCUT2D eigenvalue weighted by atomic mass is 9.56. The van der Waals surface area contributed by atoms with Gasteiger partial charge in [-0.05, 0) is 84.5 Å². The van der Waals surface area contributed by atoms with Crippen molar-refractivity contribution in [1.29, 1.82) is 0 Å². The molecule has 1 aromatic carbocycles. The first-order valence-corrected chi connectivity index (χ1v) is 11.3. The van der Waals surface area contributed by atoms with Crippen LogP contribution in [0, 0.1) is 53.2 Å². The Labute approximate surface area is 193 Å². The van der Waals surface area contributed by atoms with E-state index in [1.165, 1.54) is 25.0 Å². The summed E-state index contributed by atoms with van der Waals surface area (Å²) in [5.41, 5.74) is 6.83. The van der Waals surface area contributed by atoms with Crippen molar-refractivity contribution in [3.8, 4) is 0 Å². The highest BCUT2D eigenvalue weighted by atomic mass is 127. The van der Waals surface area contributed by atoms with Crippen molar-refractivity contribution in [3.05, 3.63) is 30.1 Å². The number of aliphatic imine (C=N–C) groups is 1. The second kappa shape index (κ2) is 6.47. The van der Waals surface area contributed by atoms with Crippen LogP contribution in [0.3, 0.4) is 0 Å². The molecule has 9 atom stereocenters. The minimum atomic E-state index is -0.592. The Hall–Kier alpha value is -1.09. The molecule has 9 unspecified atom stereocenters. The maximum atomic E-state index is 13.2. The van der Waals surface area contributed by atoms with Crippen LogP contribution in [0.25, 0.3) is 0 Å². The first kappa shape index (κ1) is 19.6. The first-order valence-electron chi connectivity index (χ1n) is 11.3. The summed E-state index contributed by atoms with van der Waals surface area (Å²) in [7, 11) is 0. The van der Waals surface area contributed by atoms with Crippen LogP contribution in [0.4, 0.5) is 10.1 Å². The van der Waals surface area contributed by atoms with E-state index in [2.05, 4.69) is 9.80 Å². The highest BCUT2D eigenvalue weighted by Crippen LogP contribution is 2.85. The van der Waals surface area contributed by atoms with Gasteiger partial charge in [0.05, 0.1) is 12.1 Å². The number of hydrogen-bond donors (Lipinski definition) is 2. The SMILES string of the molecule is I.NC(=NCC1(O)C2C3CC4C5C3CC2C5C41)N1CCN(c2ccc(F)cc2)CC1. The second-order valence-corrected chi connectivity index (χ2v) is 10.4. The van der Waals surface area contributed by atoms with Gasteiger partial charge in [0.25, 0.3) is 0 Å². The maximum absolute atomic E-state index is 13.2. The third-order valence-corrected chi connectivity index (χ3v) is 9.81. The summed E-state index contributed by atoms with van der Waals surface area (Å²) in [6.07, 6.45) is 2.76. The second-order valence-electron chi connectivity index (χ2n) is 10.4. The van der Waals surface area contributed by atoms with Gasteiger partial charge >= 0.3 is 0 Å². The smallest absolute Gasteiger partial charge is 0.191 e. The Morgan fingerprint density at radius 1 is 1.00 bits per heavy atom. The summed E-state index contributed by atoms with van der Waals surface area (Å²) in [5.74, 6) is 6.36. The van der Waals surface area contributed by atoms with E-state index in [-0.39, 0.29) is 29.8 Å². The molecule has 2 bridgehead atoms. The molecule has 1 aromatic rings. The van der Waals surface area contributed by atoms with Crippen LogP contribution in [0.15, 0.2) is 29.3 Å². The van der Waals surface area contributed by atoms with Crippen LogP contribution in [0.2, 0.25) is 0 Å². The summed E-state index contributed by atoms with van der Waals surface area (Å²) < 4.78 is 13.2. The van der Waals surface area contributed by atoms with E-state index in [0.29, 0.717) is 24.3 Å². The summed E-state index contributed by atoms with van der Waals surface area (Å²) in [4.78, 5) is 9.15. The largest absolute Gasteiger partial charge is 0.387 e. The molecule has 0 radical (unpaired) electrons. The Balaban J connectivity index is 0.00000175. The molecule has 0 amide bonds. The monoisotopic (exact) mass is 524 g/mol.